The lowest BCUT2D eigenvalue weighted by Crippen LogP contribution is -1.86. The summed E-state index contributed by atoms with van der Waals surface area (Å²) in [6, 6.07) is 3.77. The zero-order valence-corrected chi connectivity index (χ0v) is 4.18. The van der Waals surface area contributed by atoms with Crippen molar-refractivity contribution in [1.82, 2.24) is 0 Å². The van der Waals surface area contributed by atoms with Crippen LogP contribution in [0.3, 0.4) is 0 Å². The second kappa shape index (κ2) is 1.61. The molecular weight excluding hydrogens is 86.1 g/mol. The quantitative estimate of drug-likeness (QED) is 0.451. The minimum absolute atomic E-state index is 1.18. The van der Waals surface area contributed by atoms with Crippen LogP contribution >= 0.6 is 0 Å². The van der Waals surface area contributed by atoms with Crippen molar-refractivity contribution in [2.45, 2.75) is 6.92 Å². The second-order valence-corrected chi connectivity index (χ2v) is 1.46. The molecule has 1 aromatic rings. The normalized spacial score (nSPS) is 7.57. The third-order valence-corrected chi connectivity index (χ3v) is 0.763. The Bertz CT molecular complexity index is 134. The fraction of sp³-hybridized carbons (Fsp3) is 0.167. The van der Waals surface area contributed by atoms with E-state index in [0.29, 0.717) is 0 Å². The van der Waals surface area contributed by atoms with Crippen molar-refractivity contribution in [3.63, 3.8) is 0 Å². The van der Waals surface area contributed by atoms with Gasteiger partial charge >= 0.3 is 12.4 Å². The minimum Gasteiger partial charge on any atom is -0.0387 e. The van der Waals surface area contributed by atoms with Crippen LogP contribution in [0.25, 0.3) is 0 Å². The average molecular weight is 92.1 g/mol. The monoisotopic (exact) mass is 92.0 g/mol. The third kappa shape index (κ3) is 0.902. The molecule has 0 unspecified atom stereocenters. The van der Waals surface area contributed by atoms with Gasteiger partial charge in [0.15, 0.2) is 0 Å². The first-order valence-corrected chi connectivity index (χ1v) is 2.18. The first kappa shape index (κ1) is 4.14. The first-order chi connectivity index (χ1) is 3.39. The topological polar surface area (TPSA) is 14.1 Å². The molecule has 1 heterocycles. The number of hydrogen-bond acceptors (Lipinski definition) is 0. The van der Waals surface area contributed by atoms with Gasteiger partial charge in [-0.15, -0.1) is 0 Å². The summed E-state index contributed by atoms with van der Waals surface area (Å²) >= 11 is 0. The summed E-state index contributed by atoms with van der Waals surface area (Å²) in [4.78, 5) is 3.76. The molecule has 0 aromatic carbocycles. The molecule has 0 atom stereocenters. The van der Waals surface area contributed by atoms with Crippen molar-refractivity contribution in [3.8, 4) is 0 Å². The van der Waals surface area contributed by atoms with Gasteiger partial charge in [0.05, 0.1) is 6.07 Å². The molecule has 0 bridgehead atoms. The zero-order chi connectivity index (χ0) is 5.11. The van der Waals surface area contributed by atoms with Crippen LogP contribution in [-0.2, 0) is 0 Å². The molecule has 0 amide bonds. The standard InChI is InChI=1S/C6H6N/c1-6-3-2-4-7-5-6/h2-3,5H,1H3/q+1. The molecule has 1 heteroatoms. The van der Waals surface area contributed by atoms with Crippen molar-refractivity contribution in [2.75, 3.05) is 0 Å². The fourth-order valence-corrected chi connectivity index (χ4v) is 0.394. The molecule has 1 nitrogen and oxygen atoms in total. The van der Waals surface area contributed by atoms with E-state index in [0.717, 1.165) is 0 Å². The van der Waals surface area contributed by atoms with Gasteiger partial charge in [-0.1, -0.05) is 0 Å². The van der Waals surface area contributed by atoms with Gasteiger partial charge < -0.3 is 0 Å². The Balaban J connectivity index is 3.02. The van der Waals surface area contributed by atoms with E-state index in [2.05, 4.69) is 11.2 Å². The van der Waals surface area contributed by atoms with E-state index in [-0.39, 0.29) is 0 Å². The van der Waals surface area contributed by atoms with E-state index in [4.69, 9.17) is 0 Å². The molecule has 0 N–H and O–H groups in total. The molecular formula is C6H6N+. The van der Waals surface area contributed by atoms with Crippen molar-refractivity contribution in [2.24, 2.45) is 0 Å². The summed E-state index contributed by atoms with van der Waals surface area (Å²) in [5, 5.41) is 0. The van der Waals surface area contributed by atoms with Gasteiger partial charge in [0, 0.05) is 5.56 Å². The van der Waals surface area contributed by atoms with Crippen LogP contribution in [0.4, 0.5) is 0 Å². The second-order valence-electron chi connectivity index (χ2n) is 1.46. The number of rotatable bonds is 0. The molecule has 0 radical (unpaired) electrons. The number of hydrogen-bond donors (Lipinski definition) is 0. The SMILES string of the molecule is Cc1ccc#[n+]c1. The molecule has 0 fully saturated rings. The van der Waals surface area contributed by atoms with E-state index in [9.17, 15) is 0 Å². The van der Waals surface area contributed by atoms with Gasteiger partial charge in [0.1, 0.15) is 0 Å². The molecule has 7 heavy (non-hydrogen) atoms. The van der Waals surface area contributed by atoms with Crippen LogP contribution in [-0.4, -0.2) is 0 Å². The van der Waals surface area contributed by atoms with E-state index in [1.807, 2.05) is 13.0 Å². The molecule has 34 valence electrons. The Morgan fingerprint density at radius 1 is 1.71 bits per heavy atom. The summed E-state index contributed by atoms with van der Waals surface area (Å²) in [5.41, 5.74) is 1.18. The van der Waals surface area contributed by atoms with E-state index in [1.165, 1.54) is 5.56 Å². The molecule has 0 spiro atoms. The lowest BCUT2D eigenvalue weighted by atomic mass is 10.3. The number of nitrogens with zero attached hydrogens (tertiary/aromatic N) is 1. The Hall–Kier alpha value is -1.03. The Morgan fingerprint density at radius 3 is 2.86 bits per heavy atom. The number of aromatic nitrogens is 1. The van der Waals surface area contributed by atoms with E-state index < -0.39 is 0 Å². The van der Waals surface area contributed by atoms with Crippen molar-refractivity contribution < 1.29 is 4.98 Å². The third-order valence-electron chi connectivity index (χ3n) is 0.763. The highest BCUT2D eigenvalue weighted by Gasteiger charge is 1.82. The van der Waals surface area contributed by atoms with E-state index >= 15 is 0 Å². The molecule has 0 aliphatic heterocycles. The van der Waals surface area contributed by atoms with Crippen molar-refractivity contribution in [1.29, 1.82) is 0 Å². The van der Waals surface area contributed by atoms with Crippen LogP contribution in [0.5, 0.6) is 0 Å². The zero-order valence-electron chi connectivity index (χ0n) is 4.18. The van der Waals surface area contributed by atoms with Crippen molar-refractivity contribution >= 4 is 0 Å². The summed E-state index contributed by atoms with van der Waals surface area (Å²) in [5.74, 6) is 0. The average Bonchev–Trinajstić information content (AvgIpc) is 1.69. The summed E-state index contributed by atoms with van der Waals surface area (Å²) in [6.45, 7) is 2.00. The number of aryl methyl sites for hydroxylation is 1. The highest BCUT2D eigenvalue weighted by Crippen LogP contribution is 1.82. The molecule has 1 aromatic heterocycles. The van der Waals surface area contributed by atoms with Crippen LogP contribution < -0.4 is 4.98 Å². The molecule has 0 saturated carbocycles. The minimum atomic E-state index is 1.18. The molecule has 1 rings (SSSR count). The maximum Gasteiger partial charge on any atom is 0.311 e. The van der Waals surface area contributed by atoms with Gasteiger partial charge in [-0.25, -0.2) is 0 Å². The Morgan fingerprint density at radius 2 is 2.57 bits per heavy atom. The Kier molecular flexibility index (Phi) is 0.953. The van der Waals surface area contributed by atoms with Gasteiger partial charge in [-0.05, 0) is 18.0 Å². The maximum absolute atomic E-state index is 3.76. The molecule has 0 saturated heterocycles. The predicted molar refractivity (Wildman–Crippen MR) is 25.6 cm³/mol. The largest absolute Gasteiger partial charge is 0.311 e. The smallest absolute Gasteiger partial charge is 0.0387 e. The highest BCUT2D eigenvalue weighted by atomic mass is 14.5. The lowest BCUT2D eigenvalue weighted by Gasteiger charge is -1.67. The van der Waals surface area contributed by atoms with Crippen LogP contribution in [0.1, 0.15) is 5.56 Å². The molecule has 0 aliphatic rings. The van der Waals surface area contributed by atoms with Crippen LogP contribution in [0.2, 0.25) is 0 Å². The van der Waals surface area contributed by atoms with Gasteiger partial charge in [-0.3, -0.25) is 0 Å². The summed E-state index contributed by atoms with van der Waals surface area (Å²) in [7, 11) is 0. The van der Waals surface area contributed by atoms with Gasteiger partial charge in [-0.2, -0.15) is 0 Å². The van der Waals surface area contributed by atoms with Crippen LogP contribution in [0, 0.1) is 13.1 Å². The fourth-order valence-electron chi connectivity index (χ4n) is 0.394. The summed E-state index contributed by atoms with van der Waals surface area (Å²) < 4.78 is 0. The maximum atomic E-state index is 3.76. The van der Waals surface area contributed by atoms with Crippen molar-refractivity contribution in [3.05, 3.63) is 30.1 Å². The van der Waals surface area contributed by atoms with E-state index in [1.54, 1.807) is 12.3 Å². The molecule has 0 aliphatic carbocycles. The van der Waals surface area contributed by atoms with Gasteiger partial charge in [0.25, 0.3) is 0 Å². The predicted octanol–water partition coefficient (Wildman–Crippen LogP) is 0.395. The lowest BCUT2D eigenvalue weighted by molar-refractivity contribution is -0.294. The van der Waals surface area contributed by atoms with Crippen LogP contribution in [0.15, 0.2) is 18.3 Å². The highest BCUT2D eigenvalue weighted by molar-refractivity contribution is 4.99. The first-order valence-electron chi connectivity index (χ1n) is 2.18. The Labute approximate surface area is 43.0 Å². The van der Waals surface area contributed by atoms with Gasteiger partial charge in [0.2, 0.25) is 0 Å². The summed E-state index contributed by atoms with van der Waals surface area (Å²) in [6.07, 6.45) is 4.46.